The van der Waals surface area contributed by atoms with Crippen LogP contribution in [0.5, 0.6) is 0 Å². The molecule has 0 aliphatic carbocycles. The molecule has 0 bridgehead atoms. The van der Waals surface area contributed by atoms with Crippen LogP contribution < -0.4 is 0 Å². The number of carbonyl (C=O) groups excluding carboxylic acids is 2. The Morgan fingerprint density at radius 1 is 1.04 bits per heavy atom. The minimum Gasteiger partial charge on any atom is -0.341 e. The van der Waals surface area contributed by atoms with Gasteiger partial charge in [-0.2, -0.15) is 5.10 Å². The van der Waals surface area contributed by atoms with Crippen LogP contribution in [0.4, 0.5) is 0 Å². The van der Waals surface area contributed by atoms with Gasteiger partial charge in [0.05, 0.1) is 12.5 Å². The third-order valence-corrected chi connectivity index (χ3v) is 4.71. The summed E-state index contributed by atoms with van der Waals surface area (Å²) in [5.41, 5.74) is 0.780. The van der Waals surface area contributed by atoms with E-state index in [-0.39, 0.29) is 17.9 Å². The van der Waals surface area contributed by atoms with Crippen LogP contribution in [-0.4, -0.2) is 62.6 Å². The molecular formula is C19H25N5O2. The van der Waals surface area contributed by atoms with Gasteiger partial charge in [0.25, 0.3) is 0 Å². The second-order valence-corrected chi connectivity index (χ2v) is 6.65. The fourth-order valence-electron chi connectivity index (χ4n) is 3.20. The zero-order chi connectivity index (χ0) is 18.4. The van der Waals surface area contributed by atoms with Gasteiger partial charge in [0.2, 0.25) is 11.8 Å². The van der Waals surface area contributed by atoms with E-state index in [4.69, 9.17) is 0 Å². The molecule has 1 atom stereocenters. The van der Waals surface area contributed by atoms with Crippen molar-refractivity contribution in [3.8, 4) is 0 Å². The number of carbonyl (C=O) groups is 2. The Balaban J connectivity index is 1.51. The average molecular weight is 355 g/mol. The lowest BCUT2D eigenvalue weighted by atomic mass is 10.2. The Bertz CT molecular complexity index is 717. The van der Waals surface area contributed by atoms with Crippen LogP contribution in [0.25, 0.3) is 0 Å². The largest absolute Gasteiger partial charge is 0.341 e. The first-order valence-electron chi connectivity index (χ1n) is 9.08. The Hall–Kier alpha value is -2.70. The van der Waals surface area contributed by atoms with E-state index in [0.717, 1.165) is 12.1 Å². The quantitative estimate of drug-likeness (QED) is 0.815. The van der Waals surface area contributed by atoms with Gasteiger partial charge in [-0.05, 0) is 31.5 Å². The number of amides is 2. The molecule has 2 aromatic heterocycles. The molecule has 7 nitrogen and oxygen atoms in total. The number of rotatable bonds is 5. The molecule has 0 aromatic carbocycles. The van der Waals surface area contributed by atoms with Gasteiger partial charge in [0, 0.05) is 56.9 Å². The number of pyridine rings is 1. The van der Waals surface area contributed by atoms with E-state index in [9.17, 15) is 9.59 Å². The normalized spacial score (nSPS) is 16.2. The van der Waals surface area contributed by atoms with Crippen molar-refractivity contribution in [2.45, 2.75) is 32.2 Å². The summed E-state index contributed by atoms with van der Waals surface area (Å²) in [6, 6.07) is 7.48. The van der Waals surface area contributed by atoms with E-state index in [1.54, 1.807) is 17.1 Å². The van der Waals surface area contributed by atoms with E-state index in [2.05, 4.69) is 10.1 Å². The van der Waals surface area contributed by atoms with Crippen molar-refractivity contribution < 1.29 is 9.59 Å². The van der Waals surface area contributed by atoms with Gasteiger partial charge in [0.15, 0.2) is 0 Å². The van der Waals surface area contributed by atoms with Gasteiger partial charge >= 0.3 is 0 Å². The third kappa shape index (κ3) is 4.68. The summed E-state index contributed by atoms with van der Waals surface area (Å²) in [6.07, 6.45) is 6.83. The fourth-order valence-corrected chi connectivity index (χ4v) is 3.20. The molecule has 1 aliphatic rings. The zero-order valence-electron chi connectivity index (χ0n) is 15.1. The molecule has 26 heavy (non-hydrogen) atoms. The summed E-state index contributed by atoms with van der Waals surface area (Å²) in [5, 5.41) is 4.20. The highest BCUT2D eigenvalue weighted by Gasteiger charge is 2.23. The van der Waals surface area contributed by atoms with Gasteiger partial charge in [-0.15, -0.1) is 0 Å². The van der Waals surface area contributed by atoms with Crippen molar-refractivity contribution >= 4 is 11.8 Å². The van der Waals surface area contributed by atoms with Crippen molar-refractivity contribution in [2.24, 2.45) is 0 Å². The van der Waals surface area contributed by atoms with E-state index in [1.165, 1.54) is 0 Å². The third-order valence-electron chi connectivity index (χ3n) is 4.71. The highest BCUT2D eigenvalue weighted by molar-refractivity contribution is 5.79. The van der Waals surface area contributed by atoms with Crippen molar-refractivity contribution in [1.29, 1.82) is 0 Å². The molecule has 3 heterocycles. The molecule has 0 radical (unpaired) electrons. The predicted molar refractivity (Wildman–Crippen MR) is 97.3 cm³/mol. The van der Waals surface area contributed by atoms with E-state index in [1.807, 2.05) is 47.2 Å². The molecule has 2 amide bonds. The maximum Gasteiger partial charge on any atom is 0.228 e. The number of hydrogen-bond donors (Lipinski definition) is 0. The molecule has 1 unspecified atom stereocenters. The molecule has 1 saturated heterocycles. The number of nitrogens with zero attached hydrogens (tertiary/aromatic N) is 5. The smallest absolute Gasteiger partial charge is 0.228 e. The summed E-state index contributed by atoms with van der Waals surface area (Å²) >= 11 is 0. The fraction of sp³-hybridized carbons (Fsp3) is 0.474. The highest BCUT2D eigenvalue weighted by atomic mass is 16.2. The Kier molecular flexibility index (Phi) is 5.99. The predicted octanol–water partition coefficient (Wildman–Crippen LogP) is 1.53. The van der Waals surface area contributed by atoms with Gasteiger partial charge in [0.1, 0.15) is 0 Å². The molecule has 7 heteroatoms. The van der Waals surface area contributed by atoms with Gasteiger partial charge in [-0.1, -0.05) is 6.07 Å². The van der Waals surface area contributed by atoms with Crippen LogP contribution in [0.3, 0.4) is 0 Å². The van der Waals surface area contributed by atoms with E-state index >= 15 is 0 Å². The molecule has 1 aliphatic heterocycles. The molecule has 2 aromatic rings. The first kappa shape index (κ1) is 18.1. The molecular weight excluding hydrogens is 330 g/mol. The molecule has 1 fully saturated rings. The first-order valence-corrected chi connectivity index (χ1v) is 9.08. The van der Waals surface area contributed by atoms with Crippen molar-refractivity contribution in [3.05, 3.63) is 48.5 Å². The molecule has 138 valence electrons. The van der Waals surface area contributed by atoms with Crippen LogP contribution in [0.15, 0.2) is 42.9 Å². The SMILES string of the molecule is CC(CC(=O)N1CCCN(C(=O)Cc2ccccn2)CC1)n1cccn1. The second-order valence-electron chi connectivity index (χ2n) is 6.65. The highest BCUT2D eigenvalue weighted by Crippen LogP contribution is 2.13. The minimum atomic E-state index is 0.0302. The van der Waals surface area contributed by atoms with Crippen LogP contribution in [-0.2, 0) is 16.0 Å². The topological polar surface area (TPSA) is 71.3 Å². The minimum absolute atomic E-state index is 0.0302. The van der Waals surface area contributed by atoms with Crippen molar-refractivity contribution in [1.82, 2.24) is 24.6 Å². The maximum atomic E-state index is 12.6. The zero-order valence-corrected chi connectivity index (χ0v) is 15.1. The number of hydrogen-bond acceptors (Lipinski definition) is 4. The molecule has 3 rings (SSSR count). The monoisotopic (exact) mass is 355 g/mol. The lowest BCUT2D eigenvalue weighted by molar-refractivity contribution is -0.133. The van der Waals surface area contributed by atoms with Crippen LogP contribution >= 0.6 is 0 Å². The molecule has 0 N–H and O–H groups in total. The van der Waals surface area contributed by atoms with Gasteiger partial charge in [-0.25, -0.2) is 0 Å². The van der Waals surface area contributed by atoms with Crippen molar-refractivity contribution in [2.75, 3.05) is 26.2 Å². The Morgan fingerprint density at radius 3 is 2.46 bits per heavy atom. The summed E-state index contributed by atoms with van der Waals surface area (Å²) in [6.45, 7) is 4.53. The van der Waals surface area contributed by atoms with E-state index in [0.29, 0.717) is 39.0 Å². The molecule has 0 saturated carbocycles. The summed E-state index contributed by atoms with van der Waals surface area (Å²) in [4.78, 5) is 33.0. The average Bonchev–Trinajstić information content (AvgIpc) is 3.07. The van der Waals surface area contributed by atoms with E-state index < -0.39 is 0 Å². The second kappa shape index (κ2) is 8.60. The van der Waals surface area contributed by atoms with Crippen LogP contribution in [0.1, 0.15) is 31.5 Å². The van der Waals surface area contributed by atoms with Crippen LogP contribution in [0.2, 0.25) is 0 Å². The lowest BCUT2D eigenvalue weighted by Crippen LogP contribution is -2.38. The summed E-state index contributed by atoms with van der Waals surface area (Å²) < 4.78 is 1.80. The lowest BCUT2D eigenvalue weighted by Gasteiger charge is -2.23. The number of aromatic nitrogens is 3. The Labute approximate surface area is 153 Å². The van der Waals surface area contributed by atoms with Crippen molar-refractivity contribution in [3.63, 3.8) is 0 Å². The summed E-state index contributed by atoms with van der Waals surface area (Å²) in [7, 11) is 0. The van der Waals surface area contributed by atoms with Gasteiger partial charge in [-0.3, -0.25) is 19.3 Å². The van der Waals surface area contributed by atoms with Crippen LogP contribution in [0, 0.1) is 0 Å². The Morgan fingerprint density at radius 2 is 1.81 bits per heavy atom. The first-order chi connectivity index (χ1) is 12.6. The molecule has 0 spiro atoms. The summed E-state index contributed by atoms with van der Waals surface area (Å²) in [5.74, 6) is 0.190. The maximum absolute atomic E-state index is 12.6. The standard InChI is InChI=1S/C19H25N5O2/c1-16(24-11-4-8-21-24)14-18(25)22-9-5-10-23(13-12-22)19(26)15-17-6-2-3-7-20-17/h2-4,6-8,11,16H,5,9-10,12-15H2,1H3. The van der Waals surface area contributed by atoms with Gasteiger partial charge < -0.3 is 9.80 Å².